The zero-order chi connectivity index (χ0) is 66.6. The summed E-state index contributed by atoms with van der Waals surface area (Å²) >= 11 is 0. The van der Waals surface area contributed by atoms with E-state index in [0.29, 0.717) is 31.6 Å². The minimum atomic E-state index is -4.95. The van der Waals surface area contributed by atoms with Gasteiger partial charge in [0.2, 0.25) is 0 Å². The second kappa shape index (κ2) is 61.9. The predicted octanol–water partition coefficient (Wildman–Crippen LogP) is 20.2. The normalized spacial score (nSPS) is 14.2. The van der Waals surface area contributed by atoms with Gasteiger partial charge in [0.05, 0.1) is 26.4 Å². The van der Waals surface area contributed by atoms with E-state index in [1.807, 2.05) is 0 Å². The summed E-state index contributed by atoms with van der Waals surface area (Å²) in [5.74, 6) is 0.117. The molecule has 0 aromatic rings. The van der Waals surface area contributed by atoms with Gasteiger partial charge in [0, 0.05) is 25.7 Å². The summed E-state index contributed by atoms with van der Waals surface area (Å²) in [6.45, 7) is 11.8. The molecule has 0 spiro atoms. The van der Waals surface area contributed by atoms with E-state index in [2.05, 4.69) is 48.5 Å². The maximum Gasteiger partial charge on any atom is 0.472 e. The van der Waals surface area contributed by atoms with Crippen molar-refractivity contribution in [2.24, 2.45) is 17.8 Å². The standard InChI is InChI=1S/C71H138O17P2/c1-8-9-10-11-12-13-14-19-25-32-40-47-54-70(75)88-67(59-82-69(74)53-46-39-34-27-30-37-44-51-64(6)7)61-86-90(79,80)84-57-65(72)56-83-89(77,78)85-60-66(87-71(76)55-48-41-33-26-21-16-18-23-29-36-43-50-63(4)5)58-81-68(73)52-45-38-31-24-20-15-17-22-28-35-42-49-62(2)3/h62-67,72H,8-61H2,1-7H3,(H,77,78)(H,79,80)/t65-,66-,67-/m1/s1. The van der Waals surface area contributed by atoms with Crippen LogP contribution in [0.25, 0.3) is 0 Å². The minimum Gasteiger partial charge on any atom is -0.462 e. The van der Waals surface area contributed by atoms with Crippen LogP contribution < -0.4 is 0 Å². The number of rotatable bonds is 69. The fourth-order valence-electron chi connectivity index (χ4n) is 10.7. The van der Waals surface area contributed by atoms with Crippen LogP contribution in [-0.2, 0) is 65.4 Å². The Morgan fingerprint density at radius 3 is 0.756 bits per heavy atom. The summed E-state index contributed by atoms with van der Waals surface area (Å²) in [7, 11) is -9.90. The first-order chi connectivity index (χ1) is 43.2. The number of phosphoric ester groups is 2. The Morgan fingerprint density at radius 2 is 0.511 bits per heavy atom. The van der Waals surface area contributed by atoms with Crippen LogP contribution in [-0.4, -0.2) is 96.7 Å². The molecule has 0 saturated heterocycles. The van der Waals surface area contributed by atoms with Crippen molar-refractivity contribution in [2.45, 2.75) is 375 Å². The number of aliphatic hydroxyl groups is 1. The van der Waals surface area contributed by atoms with Gasteiger partial charge in [-0.3, -0.25) is 37.3 Å². The lowest BCUT2D eigenvalue weighted by molar-refractivity contribution is -0.161. The van der Waals surface area contributed by atoms with E-state index in [4.69, 9.17) is 37.0 Å². The third-order valence-electron chi connectivity index (χ3n) is 16.4. The molecule has 19 heteroatoms. The summed E-state index contributed by atoms with van der Waals surface area (Å²) in [4.78, 5) is 72.6. The highest BCUT2D eigenvalue weighted by Crippen LogP contribution is 2.45. The highest BCUT2D eigenvalue weighted by atomic mass is 31.2. The van der Waals surface area contributed by atoms with E-state index in [1.54, 1.807) is 0 Å². The van der Waals surface area contributed by atoms with E-state index in [9.17, 15) is 43.2 Å². The van der Waals surface area contributed by atoms with Gasteiger partial charge in [0.1, 0.15) is 19.3 Å². The number of carbonyl (C=O) groups is 4. The largest absolute Gasteiger partial charge is 0.472 e. The Labute approximate surface area is 549 Å². The zero-order valence-corrected chi connectivity index (χ0v) is 60.4. The van der Waals surface area contributed by atoms with E-state index < -0.39 is 97.5 Å². The number of aliphatic hydroxyl groups excluding tert-OH is 1. The molecule has 0 aromatic heterocycles. The molecule has 5 atom stereocenters. The molecule has 0 heterocycles. The summed E-state index contributed by atoms with van der Waals surface area (Å²) < 4.78 is 68.3. The second-order valence-electron chi connectivity index (χ2n) is 27.1. The number of ether oxygens (including phenoxy) is 4. The molecule has 0 aliphatic carbocycles. The van der Waals surface area contributed by atoms with Crippen molar-refractivity contribution >= 4 is 39.5 Å². The molecule has 17 nitrogen and oxygen atoms in total. The fraction of sp³-hybridized carbons (Fsp3) is 0.944. The van der Waals surface area contributed by atoms with Gasteiger partial charge in [0.25, 0.3) is 0 Å². The molecule has 0 aromatic carbocycles. The summed E-state index contributed by atoms with van der Waals surface area (Å²) in [6.07, 6.45) is 45.8. The quantitative estimate of drug-likeness (QED) is 0.0222. The van der Waals surface area contributed by atoms with Gasteiger partial charge in [-0.1, -0.05) is 305 Å². The Hall–Kier alpha value is -1.94. The van der Waals surface area contributed by atoms with Crippen molar-refractivity contribution in [3.63, 3.8) is 0 Å². The summed E-state index contributed by atoms with van der Waals surface area (Å²) in [6, 6.07) is 0. The molecule has 0 radical (unpaired) electrons. The molecule has 0 aliphatic rings. The summed E-state index contributed by atoms with van der Waals surface area (Å²) in [5, 5.41) is 10.6. The molecule has 0 aliphatic heterocycles. The molecule has 0 rings (SSSR count). The Morgan fingerprint density at radius 1 is 0.300 bits per heavy atom. The third-order valence-corrected chi connectivity index (χ3v) is 18.3. The lowest BCUT2D eigenvalue weighted by Gasteiger charge is -2.21. The number of phosphoric acid groups is 2. The molecule has 0 amide bonds. The Kier molecular flexibility index (Phi) is 60.6. The molecular weight excluding hydrogens is 1190 g/mol. The average Bonchev–Trinajstić information content (AvgIpc) is 3.70. The van der Waals surface area contributed by atoms with Crippen molar-refractivity contribution in [3.05, 3.63) is 0 Å². The van der Waals surface area contributed by atoms with Gasteiger partial charge in [-0.05, 0) is 43.4 Å². The van der Waals surface area contributed by atoms with Crippen molar-refractivity contribution in [1.82, 2.24) is 0 Å². The van der Waals surface area contributed by atoms with Crippen molar-refractivity contribution < 1.29 is 80.2 Å². The van der Waals surface area contributed by atoms with Gasteiger partial charge in [-0.2, -0.15) is 0 Å². The van der Waals surface area contributed by atoms with Gasteiger partial charge in [0.15, 0.2) is 12.2 Å². The molecule has 0 bridgehead atoms. The number of hydrogen-bond acceptors (Lipinski definition) is 15. The van der Waals surface area contributed by atoms with Crippen LogP contribution in [0.2, 0.25) is 0 Å². The first kappa shape index (κ1) is 88.1. The Bertz CT molecular complexity index is 1770. The topological polar surface area (TPSA) is 237 Å². The van der Waals surface area contributed by atoms with Crippen LogP contribution in [0.15, 0.2) is 0 Å². The SMILES string of the molecule is CCCCCCCCCCCCCCC(=O)O[C@H](COC(=O)CCCCCCCCCC(C)C)COP(=O)(O)OC[C@H](O)COP(=O)(O)OC[C@@H](COC(=O)CCCCCCCCCCCCCC(C)C)OC(=O)CCCCCCCCCCCCCC(C)C. The Balaban J connectivity index is 5.26. The van der Waals surface area contributed by atoms with Crippen LogP contribution >= 0.6 is 15.6 Å². The van der Waals surface area contributed by atoms with Crippen molar-refractivity contribution in [2.75, 3.05) is 39.6 Å². The molecule has 90 heavy (non-hydrogen) atoms. The van der Waals surface area contributed by atoms with Gasteiger partial charge >= 0.3 is 39.5 Å². The van der Waals surface area contributed by atoms with Crippen molar-refractivity contribution in [1.29, 1.82) is 0 Å². The minimum absolute atomic E-state index is 0.106. The van der Waals surface area contributed by atoms with Crippen LogP contribution in [0.5, 0.6) is 0 Å². The van der Waals surface area contributed by atoms with Gasteiger partial charge in [-0.15, -0.1) is 0 Å². The monoisotopic (exact) mass is 1320 g/mol. The number of unbranched alkanes of at least 4 members (excludes halogenated alkanes) is 37. The lowest BCUT2D eigenvalue weighted by atomic mass is 10.0. The molecular formula is C71H138O17P2. The maximum atomic E-state index is 13.0. The van der Waals surface area contributed by atoms with Crippen LogP contribution in [0.3, 0.4) is 0 Å². The molecule has 0 fully saturated rings. The molecule has 3 N–H and O–H groups in total. The van der Waals surface area contributed by atoms with Crippen LogP contribution in [0.4, 0.5) is 0 Å². The first-order valence-corrected chi connectivity index (χ1v) is 39.8. The highest BCUT2D eigenvalue weighted by Gasteiger charge is 2.30. The third kappa shape index (κ3) is 64.8. The first-order valence-electron chi connectivity index (χ1n) is 36.8. The average molecular weight is 1330 g/mol. The molecule has 0 saturated carbocycles. The van der Waals surface area contributed by atoms with Crippen LogP contribution in [0.1, 0.15) is 357 Å². The van der Waals surface area contributed by atoms with E-state index in [1.165, 1.54) is 161 Å². The van der Waals surface area contributed by atoms with Crippen molar-refractivity contribution in [3.8, 4) is 0 Å². The lowest BCUT2D eigenvalue weighted by Crippen LogP contribution is -2.30. The summed E-state index contributed by atoms with van der Waals surface area (Å²) in [5.41, 5.74) is 0. The predicted molar refractivity (Wildman–Crippen MR) is 363 cm³/mol. The smallest absolute Gasteiger partial charge is 0.462 e. The fourth-order valence-corrected chi connectivity index (χ4v) is 12.3. The molecule has 2 unspecified atom stereocenters. The van der Waals surface area contributed by atoms with E-state index >= 15 is 0 Å². The maximum absolute atomic E-state index is 13.0. The van der Waals surface area contributed by atoms with Crippen LogP contribution in [0, 0.1) is 17.8 Å². The molecule has 534 valence electrons. The van der Waals surface area contributed by atoms with E-state index in [-0.39, 0.29) is 25.7 Å². The second-order valence-corrected chi connectivity index (χ2v) is 30.0. The number of hydrogen-bond donors (Lipinski definition) is 3. The zero-order valence-electron chi connectivity index (χ0n) is 58.6. The highest BCUT2D eigenvalue weighted by molar-refractivity contribution is 7.47. The number of esters is 4. The van der Waals surface area contributed by atoms with E-state index in [0.717, 1.165) is 108 Å². The van der Waals surface area contributed by atoms with Gasteiger partial charge < -0.3 is 33.8 Å². The number of carbonyl (C=O) groups excluding carboxylic acids is 4. The van der Waals surface area contributed by atoms with Gasteiger partial charge in [-0.25, -0.2) is 9.13 Å².